The smallest absolute Gasteiger partial charge is 0.270 e. The fourth-order valence-electron chi connectivity index (χ4n) is 3.14. The van der Waals surface area contributed by atoms with Crippen molar-refractivity contribution in [1.82, 2.24) is 14.8 Å². The number of nitrogens with zero attached hydrogens (tertiary/aromatic N) is 2. The number of H-pyrrole nitrogens is 1. The van der Waals surface area contributed by atoms with Crippen LogP contribution in [0.15, 0.2) is 24.3 Å². The first kappa shape index (κ1) is 15.9. The highest BCUT2D eigenvalue weighted by molar-refractivity contribution is 5.98. The summed E-state index contributed by atoms with van der Waals surface area (Å²) in [5.74, 6) is 0.923. The van der Waals surface area contributed by atoms with Crippen molar-refractivity contribution in [3.05, 3.63) is 30.0 Å². The third kappa shape index (κ3) is 3.50. The third-order valence-electron chi connectivity index (χ3n) is 4.46. The summed E-state index contributed by atoms with van der Waals surface area (Å²) in [6.45, 7) is 9.48. The van der Waals surface area contributed by atoms with Crippen LogP contribution in [0.2, 0.25) is 0 Å². The van der Waals surface area contributed by atoms with Crippen molar-refractivity contribution in [3.63, 3.8) is 0 Å². The number of nitrogens with one attached hydrogen (secondary N) is 1. The van der Waals surface area contributed by atoms with Gasteiger partial charge in [-0.2, -0.15) is 0 Å². The Labute approximate surface area is 137 Å². The first-order chi connectivity index (χ1) is 11.2. The van der Waals surface area contributed by atoms with Gasteiger partial charge in [-0.15, -0.1) is 0 Å². The second-order valence-corrected chi connectivity index (χ2v) is 5.95. The fraction of sp³-hybridized carbons (Fsp3) is 0.500. The number of carbonyl (C=O) groups excluding carboxylic acids is 1. The lowest BCUT2D eigenvalue weighted by Gasteiger charge is -2.20. The highest BCUT2D eigenvalue weighted by Gasteiger charge is 2.21. The van der Waals surface area contributed by atoms with Gasteiger partial charge in [-0.1, -0.05) is 6.92 Å². The van der Waals surface area contributed by atoms with Crippen molar-refractivity contribution in [3.8, 4) is 5.75 Å². The lowest BCUT2D eigenvalue weighted by molar-refractivity contribution is 0.0757. The number of benzene rings is 1. The largest absolute Gasteiger partial charge is 0.494 e. The van der Waals surface area contributed by atoms with Crippen LogP contribution in [-0.2, 0) is 0 Å². The molecule has 1 N–H and O–H groups in total. The quantitative estimate of drug-likeness (QED) is 0.944. The summed E-state index contributed by atoms with van der Waals surface area (Å²) in [5.41, 5.74) is 1.61. The molecule has 0 saturated carbocycles. The summed E-state index contributed by atoms with van der Waals surface area (Å²) in [5, 5.41) is 1.04. The third-order valence-corrected chi connectivity index (χ3v) is 4.46. The highest BCUT2D eigenvalue weighted by Crippen LogP contribution is 2.22. The normalized spacial score (nSPS) is 16.5. The molecule has 3 rings (SSSR count). The minimum Gasteiger partial charge on any atom is -0.494 e. The summed E-state index contributed by atoms with van der Waals surface area (Å²) < 4.78 is 5.52. The van der Waals surface area contributed by atoms with Crippen molar-refractivity contribution in [2.45, 2.75) is 20.3 Å². The van der Waals surface area contributed by atoms with Gasteiger partial charge in [0, 0.05) is 36.6 Å². The summed E-state index contributed by atoms with van der Waals surface area (Å²) >= 11 is 0. The van der Waals surface area contributed by atoms with E-state index in [4.69, 9.17) is 4.74 Å². The van der Waals surface area contributed by atoms with Crippen LogP contribution in [0.3, 0.4) is 0 Å². The zero-order valence-electron chi connectivity index (χ0n) is 14.0. The van der Waals surface area contributed by atoms with Crippen molar-refractivity contribution in [1.29, 1.82) is 0 Å². The zero-order valence-corrected chi connectivity index (χ0v) is 14.0. The highest BCUT2D eigenvalue weighted by atomic mass is 16.5. The number of ether oxygens (including phenoxy) is 1. The molecule has 1 aromatic carbocycles. The molecule has 0 unspecified atom stereocenters. The Bertz CT molecular complexity index is 680. The van der Waals surface area contributed by atoms with Crippen LogP contribution in [-0.4, -0.2) is 60.0 Å². The molecule has 2 aromatic rings. The van der Waals surface area contributed by atoms with E-state index in [-0.39, 0.29) is 5.91 Å². The predicted molar refractivity (Wildman–Crippen MR) is 92.1 cm³/mol. The van der Waals surface area contributed by atoms with Gasteiger partial charge in [-0.05, 0) is 44.6 Å². The van der Waals surface area contributed by atoms with E-state index in [1.165, 1.54) is 0 Å². The molecule has 1 amide bonds. The van der Waals surface area contributed by atoms with Gasteiger partial charge in [0.05, 0.1) is 6.61 Å². The summed E-state index contributed by atoms with van der Waals surface area (Å²) in [6.07, 6.45) is 1.04. The maximum Gasteiger partial charge on any atom is 0.270 e. The maximum atomic E-state index is 12.8. The predicted octanol–water partition coefficient (Wildman–Crippen LogP) is 2.73. The first-order valence-corrected chi connectivity index (χ1v) is 8.48. The molecule has 1 aromatic heterocycles. The molecular weight excluding hydrogens is 290 g/mol. The number of hydrogen-bond acceptors (Lipinski definition) is 3. The van der Waals surface area contributed by atoms with Crippen LogP contribution >= 0.6 is 0 Å². The van der Waals surface area contributed by atoms with E-state index < -0.39 is 0 Å². The van der Waals surface area contributed by atoms with Crippen LogP contribution in [0.4, 0.5) is 0 Å². The Balaban J connectivity index is 1.77. The second kappa shape index (κ2) is 7.04. The minimum absolute atomic E-state index is 0.0945. The summed E-state index contributed by atoms with van der Waals surface area (Å²) in [7, 11) is 0. The van der Waals surface area contributed by atoms with Gasteiger partial charge >= 0.3 is 0 Å². The maximum absolute atomic E-state index is 12.8. The lowest BCUT2D eigenvalue weighted by atomic mass is 10.2. The van der Waals surface area contributed by atoms with E-state index >= 15 is 0 Å². The van der Waals surface area contributed by atoms with Gasteiger partial charge in [0.1, 0.15) is 11.4 Å². The number of amides is 1. The van der Waals surface area contributed by atoms with E-state index in [0.717, 1.165) is 55.8 Å². The molecule has 1 aliphatic heterocycles. The molecule has 0 bridgehead atoms. The molecule has 5 heteroatoms. The number of likely N-dealkylation sites (N-methyl/N-ethyl adjacent to an activating group) is 1. The number of fused-ring (bicyclic) bond motifs is 1. The number of rotatable bonds is 4. The molecule has 0 spiro atoms. The SMILES string of the molecule is CCOc1ccc2cc(C(=O)N3CCCN(CC)CC3)[nH]c2c1. The lowest BCUT2D eigenvalue weighted by Crippen LogP contribution is -2.35. The molecule has 1 fully saturated rings. The van der Waals surface area contributed by atoms with Crippen molar-refractivity contribution >= 4 is 16.8 Å². The second-order valence-electron chi connectivity index (χ2n) is 5.95. The van der Waals surface area contributed by atoms with Crippen molar-refractivity contribution in [2.75, 3.05) is 39.3 Å². The molecule has 0 radical (unpaired) electrons. The Morgan fingerprint density at radius 1 is 1.17 bits per heavy atom. The molecule has 124 valence electrons. The molecule has 0 aliphatic carbocycles. The Morgan fingerprint density at radius 2 is 2.04 bits per heavy atom. The van der Waals surface area contributed by atoms with Crippen molar-refractivity contribution < 1.29 is 9.53 Å². The van der Waals surface area contributed by atoms with E-state index in [1.54, 1.807) is 0 Å². The Kier molecular flexibility index (Phi) is 4.86. The van der Waals surface area contributed by atoms with E-state index in [2.05, 4.69) is 16.8 Å². The van der Waals surface area contributed by atoms with Crippen molar-refractivity contribution in [2.24, 2.45) is 0 Å². The fourth-order valence-corrected chi connectivity index (χ4v) is 3.14. The van der Waals surface area contributed by atoms with Gasteiger partial charge in [-0.3, -0.25) is 4.79 Å². The molecule has 1 aliphatic rings. The van der Waals surface area contributed by atoms with Gasteiger partial charge in [0.25, 0.3) is 5.91 Å². The average molecular weight is 315 g/mol. The molecule has 1 saturated heterocycles. The van der Waals surface area contributed by atoms with E-state index in [9.17, 15) is 4.79 Å². The molecule has 0 atom stereocenters. The van der Waals surface area contributed by atoms with E-state index in [1.807, 2.05) is 36.1 Å². The average Bonchev–Trinajstić information content (AvgIpc) is 2.83. The van der Waals surface area contributed by atoms with Gasteiger partial charge in [0.2, 0.25) is 0 Å². The number of hydrogen-bond donors (Lipinski definition) is 1. The summed E-state index contributed by atoms with van der Waals surface area (Å²) in [4.78, 5) is 20.4. The Morgan fingerprint density at radius 3 is 2.83 bits per heavy atom. The Hall–Kier alpha value is -2.01. The number of carbonyl (C=O) groups is 1. The molecule has 2 heterocycles. The standard InChI is InChI=1S/C18H25N3O2/c1-3-20-8-5-9-21(11-10-20)18(22)17-12-14-6-7-15(23-4-2)13-16(14)19-17/h6-7,12-13,19H,3-5,8-11H2,1-2H3. The van der Waals surface area contributed by atoms with Crippen LogP contribution in [0.5, 0.6) is 5.75 Å². The number of aromatic amines is 1. The summed E-state index contributed by atoms with van der Waals surface area (Å²) in [6, 6.07) is 7.83. The molecule has 23 heavy (non-hydrogen) atoms. The first-order valence-electron chi connectivity index (χ1n) is 8.48. The van der Waals surface area contributed by atoms with E-state index in [0.29, 0.717) is 12.3 Å². The molecule has 5 nitrogen and oxygen atoms in total. The van der Waals surface area contributed by atoms with Gasteiger partial charge in [0.15, 0.2) is 0 Å². The van der Waals surface area contributed by atoms with Crippen LogP contribution in [0.1, 0.15) is 30.8 Å². The van der Waals surface area contributed by atoms with Gasteiger partial charge < -0.3 is 19.5 Å². The topological polar surface area (TPSA) is 48.6 Å². The zero-order chi connectivity index (χ0) is 16.2. The number of aromatic nitrogens is 1. The van der Waals surface area contributed by atoms with Crippen LogP contribution in [0.25, 0.3) is 10.9 Å². The molecular formula is C18H25N3O2. The monoisotopic (exact) mass is 315 g/mol. The van der Waals surface area contributed by atoms with Crippen LogP contribution in [0, 0.1) is 0 Å². The van der Waals surface area contributed by atoms with Gasteiger partial charge in [-0.25, -0.2) is 0 Å². The van der Waals surface area contributed by atoms with Crippen LogP contribution < -0.4 is 4.74 Å². The minimum atomic E-state index is 0.0945.